The maximum atomic E-state index is 4.79. The Morgan fingerprint density at radius 2 is 1.52 bits per heavy atom. The van der Waals surface area contributed by atoms with Gasteiger partial charge in [-0.1, -0.05) is 81.3 Å². The molecule has 1 aliphatic rings. The Kier molecular flexibility index (Phi) is 9.24. The number of pyridine rings is 2. The predicted octanol–water partition coefficient (Wildman–Crippen LogP) is 10.0. The zero-order valence-corrected chi connectivity index (χ0v) is 29.1. The molecule has 0 aliphatic heterocycles. The van der Waals surface area contributed by atoms with E-state index in [0.29, 0.717) is 5.92 Å². The van der Waals surface area contributed by atoms with Gasteiger partial charge in [-0.25, -0.2) is 0 Å². The minimum Gasteiger partial charge on any atom is -0.304 e. The number of rotatable bonds is 5. The van der Waals surface area contributed by atoms with E-state index in [1.165, 1.54) is 44.1 Å². The SMILES string of the molecule is CC(C)c1ccc(-c2[c-]cccc2)nc1.C[Si](C)(C)c1cccc2c1sc1c(-c3ccc(C4CC4)cn3)[c-]ccc12.[Ir]. The summed E-state index contributed by atoms with van der Waals surface area (Å²) in [4.78, 5) is 9.22. The Bertz CT molecular complexity index is 1780. The van der Waals surface area contributed by atoms with Crippen molar-refractivity contribution in [3.8, 4) is 22.5 Å². The molecule has 0 spiro atoms. The Morgan fingerprint density at radius 3 is 2.14 bits per heavy atom. The van der Waals surface area contributed by atoms with Crippen LogP contribution in [0.1, 0.15) is 49.7 Å². The largest absolute Gasteiger partial charge is 0.304 e. The first kappa shape index (κ1) is 30.5. The van der Waals surface area contributed by atoms with Gasteiger partial charge >= 0.3 is 0 Å². The molecule has 5 heteroatoms. The van der Waals surface area contributed by atoms with Crippen molar-refractivity contribution in [2.45, 2.75) is 58.2 Å². The van der Waals surface area contributed by atoms with E-state index in [1.807, 2.05) is 41.8 Å². The van der Waals surface area contributed by atoms with Crippen LogP contribution in [0, 0.1) is 12.1 Å². The quantitative estimate of drug-likeness (QED) is 0.129. The Balaban J connectivity index is 0.000000189. The molecule has 3 heterocycles. The molecule has 0 bridgehead atoms. The van der Waals surface area contributed by atoms with E-state index in [2.05, 4.69) is 111 Å². The summed E-state index contributed by atoms with van der Waals surface area (Å²) in [6.07, 6.45) is 6.65. The molecule has 1 saturated carbocycles. The monoisotopic (exact) mass is 761 g/mol. The number of fused-ring (bicyclic) bond motifs is 3. The van der Waals surface area contributed by atoms with Crippen LogP contribution in [0.2, 0.25) is 19.6 Å². The molecule has 42 heavy (non-hydrogen) atoms. The van der Waals surface area contributed by atoms with Crippen molar-refractivity contribution < 1.29 is 20.1 Å². The second-order valence-electron chi connectivity index (χ2n) is 12.3. The molecule has 0 saturated heterocycles. The van der Waals surface area contributed by atoms with Gasteiger partial charge in [-0.2, -0.15) is 11.3 Å². The zero-order chi connectivity index (χ0) is 28.6. The van der Waals surface area contributed by atoms with Crippen molar-refractivity contribution in [3.63, 3.8) is 0 Å². The average molecular weight is 761 g/mol. The molecule has 1 radical (unpaired) electrons. The van der Waals surface area contributed by atoms with E-state index in [1.54, 1.807) is 5.19 Å². The maximum Gasteiger partial charge on any atom is 0.0794 e. The van der Waals surface area contributed by atoms with Crippen molar-refractivity contribution in [2.24, 2.45) is 0 Å². The molecular weight excluding hydrogens is 725 g/mol. The zero-order valence-electron chi connectivity index (χ0n) is 24.9. The van der Waals surface area contributed by atoms with Gasteiger partial charge in [0.1, 0.15) is 0 Å². The van der Waals surface area contributed by atoms with Gasteiger partial charge in [-0.15, -0.1) is 59.7 Å². The Hall–Kier alpha value is -2.95. The van der Waals surface area contributed by atoms with Crippen LogP contribution >= 0.6 is 11.3 Å². The van der Waals surface area contributed by atoms with Gasteiger partial charge in [0.2, 0.25) is 0 Å². The molecule has 7 rings (SSSR count). The molecule has 215 valence electrons. The van der Waals surface area contributed by atoms with Gasteiger partial charge < -0.3 is 9.97 Å². The van der Waals surface area contributed by atoms with Gasteiger partial charge in [0.05, 0.1) is 8.07 Å². The number of hydrogen-bond acceptors (Lipinski definition) is 3. The first-order valence-corrected chi connectivity index (χ1v) is 18.9. The second-order valence-corrected chi connectivity index (χ2v) is 18.3. The second kappa shape index (κ2) is 12.7. The summed E-state index contributed by atoms with van der Waals surface area (Å²) in [7, 11) is -1.39. The van der Waals surface area contributed by atoms with Crippen LogP contribution in [0.3, 0.4) is 0 Å². The minimum absolute atomic E-state index is 0. The van der Waals surface area contributed by atoms with Crippen LogP contribution in [0.25, 0.3) is 42.7 Å². The third-order valence-corrected chi connectivity index (χ3v) is 11.3. The fraction of sp³-hybridized carbons (Fsp3) is 0.243. The third-order valence-electron chi connectivity index (χ3n) is 7.80. The van der Waals surface area contributed by atoms with E-state index in [4.69, 9.17) is 4.98 Å². The molecule has 6 aromatic rings. The summed E-state index contributed by atoms with van der Waals surface area (Å²) >= 11 is 1.92. The van der Waals surface area contributed by atoms with E-state index in [-0.39, 0.29) is 20.1 Å². The van der Waals surface area contributed by atoms with Gasteiger partial charge in [-0.3, -0.25) is 0 Å². The van der Waals surface area contributed by atoms with Crippen molar-refractivity contribution in [3.05, 3.63) is 115 Å². The Labute approximate surface area is 268 Å². The summed E-state index contributed by atoms with van der Waals surface area (Å²) < 4.78 is 2.77. The summed E-state index contributed by atoms with van der Waals surface area (Å²) in [5.74, 6) is 1.28. The van der Waals surface area contributed by atoms with E-state index >= 15 is 0 Å². The molecular formula is C37H36IrN2SSi-2. The third kappa shape index (κ3) is 6.50. The first-order valence-electron chi connectivity index (χ1n) is 14.6. The first-order chi connectivity index (χ1) is 19.8. The van der Waals surface area contributed by atoms with Crippen LogP contribution in [0.15, 0.2) is 91.3 Å². The molecule has 3 aromatic carbocycles. The van der Waals surface area contributed by atoms with Crippen molar-refractivity contribution in [1.82, 2.24) is 9.97 Å². The fourth-order valence-corrected chi connectivity index (χ4v) is 8.92. The fourth-order valence-electron chi connectivity index (χ4n) is 5.21. The molecule has 1 fully saturated rings. The van der Waals surface area contributed by atoms with Crippen LogP contribution < -0.4 is 5.19 Å². The summed E-state index contributed by atoms with van der Waals surface area (Å²) in [6.45, 7) is 11.6. The summed E-state index contributed by atoms with van der Waals surface area (Å²) in [6, 6.07) is 34.3. The van der Waals surface area contributed by atoms with Gasteiger partial charge in [-0.05, 0) is 62.5 Å². The van der Waals surface area contributed by atoms with Crippen LogP contribution in [-0.2, 0) is 20.1 Å². The number of aromatic nitrogens is 2. The van der Waals surface area contributed by atoms with Gasteiger partial charge in [0.15, 0.2) is 0 Å². The Morgan fingerprint density at radius 1 is 0.762 bits per heavy atom. The predicted molar refractivity (Wildman–Crippen MR) is 179 cm³/mol. The normalized spacial score (nSPS) is 13.1. The van der Waals surface area contributed by atoms with Crippen molar-refractivity contribution >= 4 is 44.8 Å². The molecule has 0 N–H and O–H groups in total. The summed E-state index contributed by atoms with van der Waals surface area (Å²) in [5, 5.41) is 4.28. The van der Waals surface area contributed by atoms with Crippen molar-refractivity contribution in [2.75, 3.05) is 0 Å². The summed E-state index contributed by atoms with van der Waals surface area (Å²) in [5.41, 5.74) is 6.88. The molecule has 0 unspecified atom stereocenters. The molecule has 0 atom stereocenters. The van der Waals surface area contributed by atoms with Crippen LogP contribution in [-0.4, -0.2) is 18.0 Å². The molecule has 1 aliphatic carbocycles. The number of benzene rings is 3. The van der Waals surface area contributed by atoms with E-state index in [0.717, 1.165) is 28.4 Å². The minimum atomic E-state index is -1.39. The number of nitrogens with zero attached hydrogens (tertiary/aromatic N) is 2. The van der Waals surface area contributed by atoms with E-state index < -0.39 is 8.07 Å². The average Bonchev–Trinajstić information content (AvgIpc) is 3.77. The number of thiophene rings is 1. The maximum absolute atomic E-state index is 4.79. The van der Waals surface area contributed by atoms with Gasteiger partial charge in [0.25, 0.3) is 0 Å². The standard InChI is InChI=1S/C23H22NSSi.C14H14N.Ir/c1-26(2,3)21-9-5-7-18-17-6-4-8-19(22(17)25-23(18)21)20-13-12-16(14-24-20)15-10-11-15;1-11(2)13-8-9-14(15-10-13)12-6-4-3-5-7-12;/h4-7,9,12-15H,10-11H2,1-3H3;3-6,8-11H,1-2H3;/q2*-1;. The molecule has 3 aromatic heterocycles. The molecule has 2 nitrogen and oxygen atoms in total. The van der Waals surface area contributed by atoms with Gasteiger partial charge in [0, 0.05) is 37.2 Å². The number of hydrogen-bond donors (Lipinski definition) is 0. The molecule has 0 amide bonds. The van der Waals surface area contributed by atoms with Crippen molar-refractivity contribution in [1.29, 1.82) is 0 Å². The topological polar surface area (TPSA) is 25.8 Å². The van der Waals surface area contributed by atoms with Crippen LogP contribution in [0.5, 0.6) is 0 Å². The smallest absolute Gasteiger partial charge is 0.0794 e. The van der Waals surface area contributed by atoms with Crippen LogP contribution in [0.4, 0.5) is 0 Å². The van der Waals surface area contributed by atoms with E-state index in [9.17, 15) is 0 Å².